The number of nitrogens with two attached hydrogens (primary N) is 1. The Morgan fingerprint density at radius 3 is 2.60 bits per heavy atom. The molecular formula is C12H26N2O. The Morgan fingerprint density at radius 2 is 2.07 bits per heavy atom. The molecule has 1 saturated heterocycles. The smallest absolute Gasteiger partial charge is 0.0852 e. The second-order valence-electron chi connectivity index (χ2n) is 5.56. The Balaban J connectivity index is 2.57. The van der Waals surface area contributed by atoms with Gasteiger partial charge >= 0.3 is 0 Å². The van der Waals surface area contributed by atoms with Gasteiger partial charge in [-0.2, -0.15) is 0 Å². The second kappa shape index (κ2) is 5.28. The number of hydrogen-bond donors (Lipinski definition) is 1. The third-order valence-corrected chi connectivity index (χ3v) is 3.38. The maximum absolute atomic E-state index is 5.33. The van der Waals surface area contributed by atoms with Crippen LogP contribution in [-0.2, 0) is 4.84 Å². The summed E-state index contributed by atoms with van der Waals surface area (Å²) in [6.07, 6.45) is 4.99. The van der Waals surface area contributed by atoms with E-state index in [0.29, 0.717) is 12.1 Å². The van der Waals surface area contributed by atoms with Crippen LogP contribution < -0.4 is 5.90 Å². The van der Waals surface area contributed by atoms with E-state index in [1.807, 2.05) is 0 Å². The Labute approximate surface area is 93.9 Å². The van der Waals surface area contributed by atoms with Crippen LogP contribution in [0.25, 0.3) is 0 Å². The summed E-state index contributed by atoms with van der Waals surface area (Å²) >= 11 is 0. The molecule has 2 N–H and O–H groups in total. The van der Waals surface area contributed by atoms with E-state index in [1.54, 1.807) is 0 Å². The van der Waals surface area contributed by atoms with Crippen molar-refractivity contribution in [1.82, 2.24) is 4.90 Å². The van der Waals surface area contributed by atoms with Crippen LogP contribution in [-0.4, -0.2) is 29.1 Å². The molecule has 90 valence electrons. The molecule has 1 rings (SSSR count). The predicted molar refractivity (Wildman–Crippen MR) is 63.4 cm³/mol. The molecule has 0 aromatic carbocycles. The molecule has 0 aromatic rings. The molecule has 0 spiro atoms. The molecule has 0 radical (unpaired) electrons. The molecule has 1 unspecified atom stereocenters. The summed E-state index contributed by atoms with van der Waals surface area (Å²) in [6.45, 7) is 9.91. The molecule has 15 heavy (non-hydrogen) atoms. The first-order valence-corrected chi connectivity index (χ1v) is 6.10. The lowest BCUT2D eigenvalue weighted by molar-refractivity contribution is -0.0515. The topological polar surface area (TPSA) is 38.5 Å². The van der Waals surface area contributed by atoms with Crippen molar-refractivity contribution >= 4 is 0 Å². The molecule has 0 aromatic heterocycles. The largest absolute Gasteiger partial charge is 0.299 e. The Kier molecular flexibility index (Phi) is 4.56. The fourth-order valence-corrected chi connectivity index (χ4v) is 2.54. The van der Waals surface area contributed by atoms with Crippen molar-refractivity contribution in [3.63, 3.8) is 0 Å². The van der Waals surface area contributed by atoms with Gasteiger partial charge in [0.2, 0.25) is 0 Å². The van der Waals surface area contributed by atoms with Crippen LogP contribution in [0.2, 0.25) is 0 Å². The van der Waals surface area contributed by atoms with Gasteiger partial charge in [-0.05, 0) is 53.5 Å². The minimum absolute atomic E-state index is 0.199. The molecule has 0 aliphatic carbocycles. The molecule has 1 atom stereocenters. The molecule has 1 aliphatic rings. The number of piperidine rings is 1. The van der Waals surface area contributed by atoms with E-state index >= 15 is 0 Å². The van der Waals surface area contributed by atoms with Crippen LogP contribution in [0.15, 0.2) is 0 Å². The zero-order valence-electron chi connectivity index (χ0n) is 10.6. The highest BCUT2D eigenvalue weighted by atomic mass is 16.6. The van der Waals surface area contributed by atoms with Crippen LogP contribution in [0.1, 0.15) is 53.4 Å². The molecular weight excluding hydrogens is 188 g/mol. The number of rotatable bonds is 4. The molecule has 0 amide bonds. The lowest BCUT2D eigenvalue weighted by atomic mass is 9.90. The van der Waals surface area contributed by atoms with Gasteiger partial charge in [-0.3, -0.25) is 9.74 Å². The average Bonchev–Trinajstić information content (AvgIpc) is 2.18. The van der Waals surface area contributed by atoms with Crippen LogP contribution in [0.5, 0.6) is 0 Å². The fourth-order valence-electron chi connectivity index (χ4n) is 2.54. The lowest BCUT2D eigenvalue weighted by Gasteiger charge is -2.41. The van der Waals surface area contributed by atoms with E-state index in [-0.39, 0.29) is 5.60 Å². The maximum atomic E-state index is 5.33. The number of nitrogens with zero attached hydrogens (tertiary/aromatic N) is 1. The Hall–Kier alpha value is -0.120. The molecule has 1 fully saturated rings. The zero-order chi connectivity index (χ0) is 11.5. The van der Waals surface area contributed by atoms with Crippen LogP contribution in [0.4, 0.5) is 0 Å². The molecule has 1 heterocycles. The van der Waals surface area contributed by atoms with Crippen LogP contribution >= 0.6 is 0 Å². The summed E-state index contributed by atoms with van der Waals surface area (Å²) in [6, 6.07) is 1.26. The summed E-state index contributed by atoms with van der Waals surface area (Å²) in [5.41, 5.74) is -0.199. The highest BCUT2D eigenvalue weighted by Gasteiger charge is 2.30. The fraction of sp³-hybridized carbons (Fsp3) is 1.00. The van der Waals surface area contributed by atoms with Crippen molar-refractivity contribution in [3.8, 4) is 0 Å². The van der Waals surface area contributed by atoms with E-state index in [2.05, 4.69) is 32.6 Å². The lowest BCUT2D eigenvalue weighted by Crippen LogP contribution is -2.47. The molecule has 3 heteroatoms. The Morgan fingerprint density at radius 1 is 1.40 bits per heavy atom. The van der Waals surface area contributed by atoms with Gasteiger partial charge in [-0.25, -0.2) is 5.90 Å². The molecule has 0 bridgehead atoms. The minimum Gasteiger partial charge on any atom is -0.299 e. The van der Waals surface area contributed by atoms with Gasteiger partial charge in [0.05, 0.1) is 5.60 Å². The van der Waals surface area contributed by atoms with Gasteiger partial charge in [0.25, 0.3) is 0 Å². The van der Waals surface area contributed by atoms with E-state index in [1.165, 1.54) is 25.8 Å². The highest BCUT2D eigenvalue weighted by Crippen LogP contribution is 2.27. The quantitative estimate of drug-likeness (QED) is 0.730. The van der Waals surface area contributed by atoms with Gasteiger partial charge in [-0.15, -0.1) is 0 Å². The minimum atomic E-state index is -0.199. The average molecular weight is 214 g/mol. The normalized spacial score (nSPS) is 24.8. The molecule has 3 nitrogen and oxygen atoms in total. The predicted octanol–water partition coefficient (Wildman–Crippen LogP) is 2.31. The van der Waals surface area contributed by atoms with E-state index in [0.717, 1.165) is 6.42 Å². The van der Waals surface area contributed by atoms with Gasteiger partial charge in [0.15, 0.2) is 0 Å². The summed E-state index contributed by atoms with van der Waals surface area (Å²) in [4.78, 5) is 7.63. The van der Waals surface area contributed by atoms with E-state index in [4.69, 9.17) is 10.7 Å². The van der Waals surface area contributed by atoms with E-state index < -0.39 is 0 Å². The summed E-state index contributed by atoms with van der Waals surface area (Å²) in [5.74, 6) is 5.33. The van der Waals surface area contributed by atoms with Crippen molar-refractivity contribution in [2.24, 2.45) is 5.90 Å². The summed E-state index contributed by atoms with van der Waals surface area (Å²) in [7, 11) is 0. The first-order chi connectivity index (χ1) is 6.96. The highest BCUT2D eigenvalue weighted by molar-refractivity contribution is 4.84. The molecule has 0 saturated carbocycles. The zero-order valence-corrected chi connectivity index (χ0v) is 10.6. The van der Waals surface area contributed by atoms with E-state index in [9.17, 15) is 0 Å². The first kappa shape index (κ1) is 12.9. The summed E-state index contributed by atoms with van der Waals surface area (Å²) < 4.78 is 0. The third kappa shape index (κ3) is 3.74. The second-order valence-corrected chi connectivity index (χ2v) is 5.56. The van der Waals surface area contributed by atoms with Crippen LogP contribution in [0.3, 0.4) is 0 Å². The number of hydrogen-bond acceptors (Lipinski definition) is 3. The van der Waals surface area contributed by atoms with Crippen molar-refractivity contribution in [1.29, 1.82) is 0 Å². The maximum Gasteiger partial charge on any atom is 0.0852 e. The third-order valence-electron chi connectivity index (χ3n) is 3.38. The van der Waals surface area contributed by atoms with Crippen molar-refractivity contribution < 1.29 is 4.84 Å². The van der Waals surface area contributed by atoms with Gasteiger partial charge < -0.3 is 0 Å². The number of likely N-dealkylation sites (tertiary alicyclic amines) is 1. The van der Waals surface area contributed by atoms with Gasteiger partial charge in [0.1, 0.15) is 0 Å². The standard InChI is InChI=1S/C12H26N2O/c1-10(2)14-8-6-5-7-11(14)9-12(3,4)15-13/h10-11H,5-9,13H2,1-4H3. The molecule has 1 aliphatic heterocycles. The van der Waals surface area contributed by atoms with Gasteiger partial charge in [0, 0.05) is 12.1 Å². The SMILES string of the molecule is CC(C)N1CCCCC1CC(C)(C)ON. The van der Waals surface area contributed by atoms with Crippen LogP contribution in [0, 0.1) is 0 Å². The first-order valence-electron chi connectivity index (χ1n) is 6.10. The van der Waals surface area contributed by atoms with Crippen molar-refractivity contribution in [2.75, 3.05) is 6.54 Å². The summed E-state index contributed by atoms with van der Waals surface area (Å²) in [5, 5.41) is 0. The van der Waals surface area contributed by atoms with Crippen molar-refractivity contribution in [3.05, 3.63) is 0 Å². The Bertz CT molecular complexity index is 192. The van der Waals surface area contributed by atoms with Gasteiger partial charge in [-0.1, -0.05) is 6.42 Å². The van der Waals surface area contributed by atoms with Crippen molar-refractivity contribution in [2.45, 2.75) is 71.1 Å². The monoisotopic (exact) mass is 214 g/mol.